The van der Waals surface area contributed by atoms with Gasteiger partial charge in [0.2, 0.25) is 0 Å². The second-order valence-corrected chi connectivity index (χ2v) is 9.18. The highest BCUT2D eigenvalue weighted by atomic mass is 19.1. The molecule has 0 radical (unpaired) electrons. The number of nitrogens with zero attached hydrogens (tertiary/aromatic N) is 3. The monoisotopic (exact) mass is 510 g/mol. The number of carbonyl (C=O) groups is 1. The molecule has 37 heavy (non-hydrogen) atoms. The molecule has 1 N–H and O–H groups in total. The van der Waals surface area contributed by atoms with Crippen molar-refractivity contribution >= 4 is 28.2 Å². The van der Waals surface area contributed by atoms with Crippen LogP contribution in [0, 0.1) is 12.7 Å². The molecule has 1 aromatic heterocycles. The van der Waals surface area contributed by atoms with Gasteiger partial charge < -0.3 is 19.5 Å². The highest BCUT2D eigenvalue weighted by molar-refractivity contribution is 5.97. The van der Waals surface area contributed by atoms with Crippen LogP contribution in [0.5, 0.6) is 5.75 Å². The molecule has 0 unspecified atom stereocenters. The van der Waals surface area contributed by atoms with Crippen LogP contribution in [0.3, 0.4) is 0 Å². The Bertz CT molecular complexity index is 1340. The maximum atomic E-state index is 14.8. The molecule has 2 saturated heterocycles. The lowest BCUT2D eigenvalue weighted by Gasteiger charge is -2.24. The molecule has 2 aromatic carbocycles. The summed E-state index contributed by atoms with van der Waals surface area (Å²) in [5.74, 6) is -0.855. The van der Waals surface area contributed by atoms with Crippen molar-refractivity contribution in [1.82, 2.24) is 14.9 Å². The summed E-state index contributed by atoms with van der Waals surface area (Å²) in [6.45, 7) is 4.39. The van der Waals surface area contributed by atoms with Crippen LogP contribution in [0.4, 0.5) is 20.3 Å². The molecule has 2 fully saturated rings. The molecule has 3 heterocycles. The number of ether oxygens (including phenoxy) is 3. The van der Waals surface area contributed by atoms with Gasteiger partial charge >= 0.3 is 0 Å². The molecular formula is C27H28F2N4O4. The normalized spacial score (nSPS) is 20.2. The Kier molecular flexibility index (Phi) is 7.40. The number of carbonyl (C=O) groups excluding carboxylic acids is 1. The maximum absolute atomic E-state index is 14.8. The van der Waals surface area contributed by atoms with Gasteiger partial charge in [-0.2, -0.15) is 0 Å². The number of rotatable bonds is 8. The lowest BCUT2D eigenvalue weighted by Crippen LogP contribution is -2.36. The van der Waals surface area contributed by atoms with Crippen LogP contribution in [0.15, 0.2) is 48.6 Å². The van der Waals surface area contributed by atoms with E-state index in [9.17, 15) is 13.6 Å². The molecular weight excluding hydrogens is 482 g/mol. The van der Waals surface area contributed by atoms with Crippen molar-refractivity contribution in [2.75, 3.05) is 45.3 Å². The molecule has 0 spiro atoms. The summed E-state index contributed by atoms with van der Waals surface area (Å²) in [4.78, 5) is 23.4. The van der Waals surface area contributed by atoms with Gasteiger partial charge in [-0.25, -0.2) is 18.7 Å². The molecule has 10 heteroatoms. The van der Waals surface area contributed by atoms with E-state index in [4.69, 9.17) is 14.2 Å². The van der Waals surface area contributed by atoms with Crippen LogP contribution in [-0.4, -0.2) is 72.8 Å². The van der Waals surface area contributed by atoms with E-state index in [1.807, 2.05) is 4.90 Å². The van der Waals surface area contributed by atoms with Crippen molar-refractivity contribution in [3.8, 4) is 5.75 Å². The maximum Gasteiger partial charge on any atom is 0.195 e. The number of Topliss-reactive ketones (excluding diaryl/α,β-unsaturated/α-hetero) is 1. The predicted molar refractivity (Wildman–Crippen MR) is 134 cm³/mol. The smallest absolute Gasteiger partial charge is 0.195 e. The summed E-state index contributed by atoms with van der Waals surface area (Å²) in [5, 5.41) is 3.80. The number of hydrogen-bond donors (Lipinski definition) is 1. The summed E-state index contributed by atoms with van der Waals surface area (Å²) in [7, 11) is 1.49. The quantitative estimate of drug-likeness (QED) is 0.457. The third kappa shape index (κ3) is 5.61. The SMILES string of the molecule is COc1cc2ncnc(Nc3ccc(F)c(C)c3)c2cc1CC(=O)/C(F)=C/CN1C[C@@H]2OCCO[C@H]2C1. The van der Waals surface area contributed by atoms with E-state index in [0.717, 1.165) is 0 Å². The first-order valence-electron chi connectivity index (χ1n) is 12.1. The van der Waals surface area contributed by atoms with Gasteiger partial charge in [0.1, 0.15) is 23.7 Å². The van der Waals surface area contributed by atoms with E-state index >= 15 is 0 Å². The van der Waals surface area contributed by atoms with E-state index in [1.54, 1.807) is 31.2 Å². The molecule has 0 bridgehead atoms. The number of aryl methyl sites for hydroxylation is 1. The molecule has 2 aliphatic rings. The molecule has 2 aliphatic heterocycles. The van der Waals surface area contributed by atoms with Gasteiger partial charge in [-0.05, 0) is 42.8 Å². The van der Waals surface area contributed by atoms with Crippen LogP contribution < -0.4 is 10.1 Å². The molecule has 8 nitrogen and oxygen atoms in total. The van der Waals surface area contributed by atoms with Crippen molar-refractivity contribution < 1.29 is 27.8 Å². The number of methoxy groups -OCH3 is 1. The van der Waals surface area contributed by atoms with Crippen LogP contribution in [0.2, 0.25) is 0 Å². The third-order valence-electron chi connectivity index (χ3n) is 6.64. The van der Waals surface area contributed by atoms with Crippen molar-refractivity contribution in [2.24, 2.45) is 0 Å². The van der Waals surface area contributed by atoms with Gasteiger partial charge in [-0.15, -0.1) is 0 Å². The topological polar surface area (TPSA) is 85.8 Å². The minimum atomic E-state index is -0.802. The van der Waals surface area contributed by atoms with Gasteiger partial charge in [-0.1, -0.05) is 0 Å². The zero-order valence-electron chi connectivity index (χ0n) is 20.7. The zero-order valence-corrected chi connectivity index (χ0v) is 20.7. The fourth-order valence-corrected chi connectivity index (χ4v) is 4.68. The van der Waals surface area contributed by atoms with Crippen LogP contribution in [0.25, 0.3) is 10.9 Å². The molecule has 0 saturated carbocycles. The van der Waals surface area contributed by atoms with E-state index in [1.165, 1.54) is 25.6 Å². The molecule has 194 valence electrons. The van der Waals surface area contributed by atoms with Crippen molar-refractivity contribution in [2.45, 2.75) is 25.6 Å². The predicted octanol–water partition coefficient (Wildman–Crippen LogP) is 3.89. The number of aromatic nitrogens is 2. The van der Waals surface area contributed by atoms with Crippen LogP contribution in [-0.2, 0) is 20.7 Å². The molecule has 3 aromatic rings. The van der Waals surface area contributed by atoms with E-state index in [0.29, 0.717) is 72.1 Å². The molecule has 0 aliphatic carbocycles. The Morgan fingerprint density at radius 3 is 2.65 bits per heavy atom. The fourth-order valence-electron chi connectivity index (χ4n) is 4.68. The number of benzene rings is 2. The summed E-state index contributed by atoms with van der Waals surface area (Å²) in [6.07, 6.45) is 2.50. The number of nitrogens with one attached hydrogen (secondary N) is 1. The van der Waals surface area contributed by atoms with Crippen molar-refractivity contribution in [1.29, 1.82) is 0 Å². The number of halogens is 2. The van der Waals surface area contributed by atoms with Crippen molar-refractivity contribution in [3.05, 3.63) is 65.5 Å². The van der Waals surface area contributed by atoms with Crippen LogP contribution in [0.1, 0.15) is 11.1 Å². The number of allylic oxidation sites excluding steroid dienone is 1. The fraction of sp³-hybridized carbons (Fsp3) is 0.370. The summed E-state index contributed by atoms with van der Waals surface area (Å²) < 4.78 is 45.3. The van der Waals surface area contributed by atoms with E-state index in [2.05, 4.69) is 15.3 Å². The Balaban J connectivity index is 1.33. The third-order valence-corrected chi connectivity index (χ3v) is 6.64. The number of anilines is 2. The lowest BCUT2D eigenvalue weighted by molar-refractivity contribution is -0.116. The standard InChI is InChI=1S/C27H28F2N4O4/c1-16-9-18(3-4-20(16)28)32-27-19-10-17(24(35-2)12-22(19)30-15-31-27)11-23(34)21(29)5-6-33-13-25-26(14-33)37-8-7-36-25/h3-5,9-10,12,15,25-26H,6-8,11,13-14H2,1-2H3,(H,30,31,32)/b21-5-/t25-,26-/m0/s1. The average molecular weight is 511 g/mol. The Morgan fingerprint density at radius 1 is 1.19 bits per heavy atom. The number of likely N-dealkylation sites (tertiary alicyclic amines) is 1. The Morgan fingerprint density at radius 2 is 1.95 bits per heavy atom. The summed E-state index contributed by atoms with van der Waals surface area (Å²) in [5.41, 5.74) is 2.23. The summed E-state index contributed by atoms with van der Waals surface area (Å²) in [6, 6.07) is 8.06. The Labute approximate surface area is 213 Å². The largest absolute Gasteiger partial charge is 0.496 e. The number of ketones is 1. The molecule has 0 amide bonds. The second kappa shape index (κ2) is 10.9. The molecule has 2 atom stereocenters. The van der Waals surface area contributed by atoms with E-state index < -0.39 is 11.6 Å². The zero-order chi connectivity index (χ0) is 25.9. The molecule has 5 rings (SSSR count). The summed E-state index contributed by atoms with van der Waals surface area (Å²) >= 11 is 0. The van der Waals surface area contributed by atoms with Gasteiger partial charge in [0, 0.05) is 48.8 Å². The highest BCUT2D eigenvalue weighted by Crippen LogP contribution is 2.31. The average Bonchev–Trinajstić information content (AvgIpc) is 3.32. The number of hydrogen-bond acceptors (Lipinski definition) is 8. The minimum absolute atomic E-state index is 0.00776. The van der Waals surface area contributed by atoms with Gasteiger partial charge in [0.25, 0.3) is 0 Å². The van der Waals surface area contributed by atoms with Gasteiger partial charge in [0.15, 0.2) is 11.6 Å². The second-order valence-electron chi connectivity index (χ2n) is 9.18. The van der Waals surface area contributed by atoms with Gasteiger partial charge in [-0.3, -0.25) is 9.69 Å². The lowest BCUT2D eigenvalue weighted by atomic mass is 10.0. The first-order chi connectivity index (χ1) is 17.9. The van der Waals surface area contributed by atoms with Crippen LogP contribution >= 0.6 is 0 Å². The van der Waals surface area contributed by atoms with Crippen molar-refractivity contribution in [3.63, 3.8) is 0 Å². The number of fused-ring (bicyclic) bond motifs is 2. The van der Waals surface area contributed by atoms with Gasteiger partial charge in [0.05, 0.1) is 38.0 Å². The Hall–Kier alpha value is -3.47. The first-order valence-corrected chi connectivity index (χ1v) is 12.1. The minimum Gasteiger partial charge on any atom is -0.496 e. The highest BCUT2D eigenvalue weighted by Gasteiger charge is 2.36. The van der Waals surface area contributed by atoms with E-state index in [-0.39, 0.29) is 24.4 Å². The first kappa shape index (κ1) is 25.2.